The molecule has 0 atom stereocenters. The summed E-state index contributed by atoms with van der Waals surface area (Å²) >= 11 is 0. The Labute approximate surface area is 167 Å². The zero-order chi connectivity index (χ0) is 19.3. The highest BCUT2D eigenvalue weighted by Gasteiger charge is 2.52. The summed E-state index contributed by atoms with van der Waals surface area (Å²) in [4.78, 5) is 0. The van der Waals surface area contributed by atoms with Gasteiger partial charge >= 0.3 is 0 Å². The van der Waals surface area contributed by atoms with Crippen molar-refractivity contribution in [2.45, 2.75) is 25.7 Å². The van der Waals surface area contributed by atoms with E-state index in [4.69, 9.17) is 0 Å². The summed E-state index contributed by atoms with van der Waals surface area (Å²) in [6.45, 7) is 8.57. The highest BCUT2D eigenvalue weighted by atomic mass is 14.5. The number of hydrogen-bond donors (Lipinski definition) is 0. The highest BCUT2D eigenvalue weighted by Crippen LogP contribution is 2.63. The monoisotopic (exact) mass is 360 g/mol. The van der Waals surface area contributed by atoms with Crippen molar-refractivity contribution >= 4 is 5.57 Å². The standard InChI is InChI=1S/C28H24/c1-4-6-16-24-20(5-2)23-15-11-12-19(3)27(23)28(24)25-17-9-7-13-21(25)22-14-8-10-18-26(22)28/h4-15,17-18H,2,16H2,1,3H3. The van der Waals surface area contributed by atoms with E-state index in [2.05, 4.69) is 105 Å². The average molecular weight is 361 g/mol. The molecule has 0 unspecified atom stereocenters. The summed E-state index contributed by atoms with van der Waals surface area (Å²) in [5.41, 5.74) is 12.2. The average Bonchev–Trinajstić information content (AvgIpc) is 3.19. The van der Waals surface area contributed by atoms with Crippen molar-refractivity contribution in [1.82, 2.24) is 0 Å². The third-order valence-electron chi connectivity index (χ3n) is 6.43. The van der Waals surface area contributed by atoms with Crippen LogP contribution < -0.4 is 0 Å². The van der Waals surface area contributed by atoms with Gasteiger partial charge in [-0.05, 0) is 70.4 Å². The molecule has 0 saturated heterocycles. The maximum absolute atomic E-state index is 4.21. The zero-order valence-corrected chi connectivity index (χ0v) is 16.5. The number of rotatable bonds is 3. The van der Waals surface area contributed by atoms with Gasteiger partial charge in [-0.2, -0.15) is 0 Å². The molecule has 1 spiro atoms. The van der Waals surface area contributed by atoms with Gasteiger partial charge in [0.15, 0.2) is 0 Å². The smallest absolute Gasteiger partial charge is 0.0694 e. The van der Waals surface area contributed by atoms with Gasteiger partial charge in [0.2, 0.25) is 0 Å². The molecule has 28 heavy (non-hydrogen) atoms. The van der Waals surface area contributed by atoms with Crippen molar-refractivity contribution in [3.05, 3.63) is 125 Å². The molecule has 0 heteroatoms. The lowest BCUT2D eigenvalue weighted by atomic mass is 9.67. The summed E-state index contributed by atoms with van der Waals surface area (Å²) in [5.74, 6) is 0. The molecule has 0 amide bonds. The van der Waals surface area contributed by atoms with Crippen LogP contribution in [0.15, 0.2) is 97.1 Å². The number of fused-ring (bicyclic) bond motifs is 7. The molecule has 136 valence electrons. The van der Waals surface area contributed by atoms with E-state index in [1.165, 1.54) is 50.1 Å². The lowest BCUT2D eigenvalue weighted by molar-refractivity contribution is 0.740. The van der Waals surface area contributed by atoms with Gasteiger partial charge in [-0.1, -0.05) is 91.5 Å². The fourth-order valence-electron chi connectivity index (χ4n) is 5.47. The largest absolute Gasteiger partial charge is 0.0984 e. The molecular formula is C28H24. The molecule has 0 saturated carbocycles. The Hall–Kier alpha value is -3.12. The Morgan fingerprint density at radius 2 is 1.43 bits per heavy atom. The second-order valence-electron chi connectivity index (χ2n) is 7.71. The van der Waals surface area contributed by atoms with E-state index in [0.29, 0.717) is 0 Å². The molecule has 0 aliphatic heterocycles. The van der Waals surface area contributed by atoms with Crippen LogP contribution in [0.4, 0.5) is 0 Å². The molecule has 2 aliphatic rings. The van der Waals surface area contributed by atoms with Crippen molar-refractivity contribution in [1.29, 1.82) is 0 Å². The van der Waals surface area contributed by atoms with E-state index in [0.717, 1.165) is 6.42 Å². The molecule has 0 N–H and O–H groups in total. The fraction of sp³-hybridized carbons (Fsp3) is 0.143. The van der Waals surface area contributed by atoms with E-state index >= 15 is 0 Å². The zero-order valence-electron chi connectivity index (χ0n) is 16.5. The van der Waals surface area contributed by atoms with Gasteiger partial charge in [-0.25, -0.2) is 0 Å². The number of allylic oxidation sites excluding steroid dienone is 5. The van der Waals surface area contributed by atoms with Crippen molar-refractivity contribution in [3.8, 4) is 11.1 Å². The SMILES string of the molecule is C=CC1=C(CC=CC)C2(c3ccccc3-c3ccccc32)c2c(C)cccc21. The van der Waals surface area contributed by atoms with E-state index in [1.54, 1.807) is 0 Å². The van der Waals surface area contributed by atoms with Crippen molar-refractivity contribution in [3.63, 3.8) is 0 Å². The van der Waals surface area contributed by atoms with Crippen molar-refractivity contribution < 1.29 is 0 Å². The quantitative estimate of drug-likeness (QED) is 0.432. The van der Waals surface area contributed by atoms with Crippen LogP contribution in [0.25, 0.3) is 16.7 Å². The minimum Gasteiger partial charge on any atom is -0.0984 e. The highest BCUT2D eigenvalue weighted by molar-refractivity contribution is 5.97. The van der Waals surface area contributed by atoms with Gasteiger partial charge in [0.1, 0.15) is 0 Å². The van der Waals surface area contributed by atoms with E-state index in [-0.39, 0.29) is 5.41 Å². The molecule has 0 radical (unpaired) electrons. The predicted octanol–water partition coefficient (Wildman–Crippen LogP) is 7.23. The molecule has 3 aromatic rings. The number of benzene rings is 3. The third-order valence-corrected chi connectivity index (χ3v) is 6.43. The van der Waals surface area contributed by atoms with E-state index in [9.17, 15) is 0 Å². The molecule has 0 nitrogen and oxygen atoms in total. The molecule has 0 bridgehead atoms. The summed E-state index contributed by atoms with van der Waals surface area (Å²) in [6.07, 6.45) is 7.43. The lowest BCUT2D eigenvalue weighted by Crippen LogP contribution is -2.28. The minimum absolute atomic E-state index is 0.225. The van der Waals surface area contributed by atoms with Crippen LogP contribution >= 0.6 is 0 Å². The molecule has 5 rings (SSSR count). The van der Waals surface area contributed by atoms with Gasteiger partial charge in [0.25, 0.3) is 0 Å². The Balaban J connectivity index is 2.01. The normalized spacial score (nSPS) is 15.8. The van der Waals surface area contributed by atoms with Crippen LogP contribution in [0.1, 0.15) is 41.2 Å². The lowest BCUT2D eigenvalue weighted by Gasteiger charge is -2.33. The Bertz CT molecular complexity index is 1120. The van der Waals surface area contributed by atoms with Gasteiger partial charge in [-0.15, -0.1) is 0 Å². The van der Waals surface area contributed by atoms with Gasteiger partial charge in [0.05, 0.1) is 5.41 Å². The van der Waals surface area contributed by atoms with Gasteiger partial charge < -0.3 is 0 Å². The second kappa shape index (κ2) is 6.21. The molecule has 2 aliphatic carbocycles. The number of aryl methyl sites for hydroxylation is 1. The first-order valence-corrected chi connectivity index (χ1v) is 10.0. The molecule has 0 heterocycles. The van der Waals surface area contributed by atoms with Crippen LogP contribution in [0.2, 0.25) is 0 Å². The van der Waals surface area contributed by atoms with Crippen molar-refractivity contribution in [2.75, 3.05) is 0 Å². The van der Waals surface area contributed by atoms with Crippen LogP contribution in [0.3, 0.4) is 0 Å². The van der Waals surface area contributed by atoms with Crippen LogP contribution in [-0.4, -0.2) is 0 Å². The van der Waals surface area contributed by atoms with Gasteiger partial charge in [-0.3, -0.25) is 0 Å². The predicted molar refractivity (Wildman–Crippen MR) is 119 cm³/mol. The van der Waals surface area contributed by atoms with Crippen LogP contribution in [-0.2, 0) is 5.41 Å². The molecule has 0 aromatic heterocycles. The first-order valence-electron chi connectivity index (χ1n) is 10.0. The van der Waals surface area contributed by atoms with E-state index in [1.807, 2.05) is 0 Å². The maximum atomic E-state index is 4.21. The first kappa shape index (κ1) is 17.0. The summed E-state index contributed by atoms with van der Waals surface area (Å²) < 4.78 is 0. The summed E-state index contributed by atoms with van der Waals surface area (Å²) in [6, 6.07) is 24.6. The second-order valence-corrected chi connectivity index (χ2v) is 7.71. The maximum Gasteiger partial charge on any atom is 0.0694 e. The van der Waals surface area contributed by atoms with Gasteiger partial charge in [0, 0.05) is 0 Å². The Morgan fingerprint density at radius 1 is 0.821 bits per heavy atom. The Morgan fingerprint density at radius 3 is 2.04 bits per heavy atom. The molecular weight excluding hydrogens is 336 g/mol. The summed E-state index contributed by atoms with van der Waals surface area (Å²) in [5, 5.41) is 0. The Kier molecular flexibility index (Phi) is 3.77. The minimum atomic E-state index is -0.225. The fourth-order valence-corrected chi connectivity index (χ4v) is 5.47. The summed E-state index contributed by atoms with van der Waals surface area (Å²) in [7, 11) is 0. The topological polar surface area (TPSA) is 0 Å². The van der Waals surface area contributed by atoms with Crippen LogP contribution in [0, 0.1) is 6.92 Å². The first-order chi connectivity index (χ1) is 13.7. The molecule has 3 aromatic carbocycles. The van der Waals surface area contributed by atoms with Crippen LogP contribution in [0.5, 0.6) is 0 Å². The van der Waals surface area contributed by atoms with Crippen molar-refractivity contribution in [2.24, 2.45) is 0 Å². The van der Waals surface area contributed by atoms with E-state index < -0.39 is 0 Å². The third kappa shape index (κ3) is 1.95. The number of hydrogen-bond acceptors (Lipinski definition) is 0. The molecule has 0 fully saturated rings.